The van der Waals surface area contributed by atoms with Gasteiger partial charge < -0.3 is 4.74 Å². The van der Waals surface area contributed by atoms with Gasteiger partial charge in [-0.1, -0.05) is 42.5 Å². The van der Waals surface area contributed by atoms with E-state index >= 15 is 0 Å². The Bertz CT molecular complexity index is 947. The van der Waals surface area contributed by atoms with Gasteiger partial charge in [0.25, 0.3) is 11.1 Å². The number of hydrogen-bond acceptors (Lipinski definition) is 4. The molecule has 1 fully saturated rings. The molecule has 1 aliphatic heterocycles. The molecule has 4 nitrogen and oxygen atoms in total. The van der Waals surface area contributed by atoms with Crippen LogP contribution in [0.4, 0.5) is 4.79 Å². The van der Waals surface area contributed by atoms with Crippen LogP contribution in [-0.4, -0.2) is 22.7 Å². The lowest BCUT2D eigenvalue weighted by molar-refractivity contribution is -0.123. The molecule has 2 aromatic rings. The van der Waals surface area contributed by atoms with Gasteiger partial charge in [-0.25, -0.2) is 0 Å². The van der Waals surface area contributed by atoms with Gasteiger partial charge >= 0.3 is 0 Å². The number of halogens is 2. The van der Waals surface area contributed by atoms with E-state index in [-0.39, 0.29) is 17.7 Å². The van der Waals surface area contributed by atoms with E-state index in [1.54, 1.807) is 12.2 Å². The zero-order valence-electron chi connectivity index (χ0n) is 15.1. The zero-order chi connectivity index (χ0) is 20.3. The molecule has 0 bridgehead atoms. The van der Waals surface area contributed by atoms with Crippen LogP contribution in [0.3, 0.4) is 0 Å². The summed E-state index contributed by atoms with van der Waals surface area (Å²) in [6.07, 6.45) is 3.38. The lowest BCUT2D eigenvalue weighted by atomic mass is 10.1. The van der Waals surface area contributed by atoms with Crippen LogP contribution in [0.25, 0.3) is 6.08 Å². The van der Waals surface area contributed by atoms with E-state index in [1.807, 2.05) is 43.3 Å². The Labute approximate surface area is 184 Å². The van der Waals surface area contributed by atoms with Crippen LogP contribution in [0.5, 0.6) is 5.75 Å². The predicted molar refractivity (Wildman–Crippen MR) is 120 cm³/mol. The van der Waals surface area contributed by atoms with Crippen molar-refractivity contribution in [3.8, 4) is 5.75 Å². The van der Waals surface area contributed by atoms with E-state index in [0.717, 1.165) is 37.4 Å². The van der Waals surface area contributed by atoms with Gasteiger partial charge in [-0.05, 0) is 79.9 Å². The number of carbonyl (C=O) groups is 2. The Morgan fingerprint density at radius 3 is 2.39 bits per heavy atom. The molecule has 2 amide bonds. The molecule has 0 spiro atoms. The van der Waals surface area contributed by atoms with Crippen molar-refractivity contribution in [3.05, 3.63) is 79.6 Å². The van der Waals surface area contributed by atoms with Crippen LogP contribution >= 0.6 is 43.6 Å². The third-order valence-corrected chi connectivity index (χ3v) is 6.08. The van der Waals surface area contributed by atoms with Gasteiger partial charge in [-0.15, -0.1) is 0 Å². The number of thioether (sulfide) groups is 1. The average Bonchev–Trinajstić information content (AvgIpc) is 2.90. The van der Waals surface area contributed by atoms with Crippen molar-refractivity contribution in [3.63, 3.8) is 0 Å². The molecule has 0 N–H and O–H groups in total. The minimum atomic E-state index is -0.283. The number of carbonyl (C=O) groups excluding carboxylic acids is 2. The van der Waals surface area contributed by atoms with Crippen LogP contribution in [0.15, 0.2) is 62.9 Å². The fourth-order valence-corrected chi connectivity index (χ4v) is 4.90. The number of nitrogens with zero attached hydrogens (tertiary/aromatic N) is 1. The molecule has 28 heavy (non-hydrogen) atoms. The molecular formula is C21H17Br2NO3S. The van der Waals surface area contributed by atoms with Crippen molar-refractivity contribution in [2.45, 2.75) is 13.5 Å². The van der Waals surface area contributed by atoms with Crippen molar-refractivity contribution in [1.29, 1.82) is 0 Å². The third kappa shape index (κ3) is 4.77. The van der Waals surface area contributed by atoms with E-state index in [9.17, 15) is 9.59 Å². The summed E-state index contributed by atoms with van der Waals surface area (Å²) >= 11 is 7.91. The minimum Gasteiger partial charge on any atom is -0.487 e. The Morgan fingerprint density at radius 2 is 1.79 bits per heavy atom. The molecule has 0 unspecified atom stereocenters. The third-order valence-electron chi connectivity index (χ3n) is 4.00. The van der Waals surface area contributed by atoms with Crippen LogP contribution in [-0.2, 0) is 11.3 Å². The number of rotatable bonds is 6. The van der Waals surface area contributed by atoms with Crippen molar-refractivity contribution in [2.75, 3.05) is 6.61 Å². The maximum absolute atomic E-state index is 12.7. The summed E-state index contributed by atoms with van der Waals surface area (Å²) in [7, 11) is 0. The first kappa shape index (κ1) is 20.9. The monoisotopic (exact) mass is 521 g/mol. The maximum atomic E-state index is 12.7. The van der Waals surface area contributed by atoms with Gasteiger partial charge in [-0.3, -0.25) is 14.5 Å². The van der Waals surface area contributed by atoms with Crippen LogP contribution in [0, 0.1) is 6.92 Å². The van der Waals surface area contributed by atoms with Crippen molar-refractivity contribution >= 4 is 60.8 Å². The van der Waals surface area contributed by atoms with Gasteiger partial charge in [0, 0.05) is 0 Å². The molecule has 1 heterocycles. The fraction of sp³-hybridized carbons (Fsp3) is 0.143. The second kappa shape index (κ2) is 9.11. The van der Waals surface area contributed by atoms with Crippen molar-refractivity contribution in [1.82, 2.24) is 4.90 Å². The largest absolute Gasteiger partial charge is 0.487 e. The van der Waals surface area contributed by atoms with Crippen molar-refractivity contribution < 1.29 is 14.3 Å². The molecule has 0 aliphatic carbocycles. The first-order chi connectivity index (χ1) is 13.4. The number of ether oxygens (including phenoxy) is 1. The van der Waals surface area contributed by atoms with E-state index in [1.165, 1.54) is 4.90 Å². The smallest absolute Gasteiger partial charge is 0.293 e. The number of benzene rings is 2. The minimum absolute atomic E-state index is 0.263. The normalized spacial score (nSPS) is 15.4. The zero-order valence-corrected chi connectivity index (χ0v) is 19.1. The van der Waals surface area contributed by atoms with E-state index in [4.69, 9.17) is 4.74 Å². The first-order valence-electron chi connectivity index (χ1n) is 8.42. The summed E-state index contributed by atoms with van der Waals surface area (Å²) in [5, 5.41) is -0.263. The SMILES string of the molecule is C=CCOc1c(Br)cc(/C=C2\SC(=O)N(Cc3ccc(C)cc3)C2=O)cc1Br. The van der Waals surface area contributed by atoms with E-state index in [2.05, 4.69) is 38.4 Å². The number of hydrogen-bond donors (Lipinski definition) is 0. The molecule has 0 saturated carbocycles. The highest BCUT2D eigenvalue weighted by molar-refractivity contribution is 9.11. The molecule has 7 heteroatoms. The number of amides is 2. The van der Waals surface area contributed by atoms with Crippen LogP contribution in [0.1, 0.15) is 16.7 Å². The quantitative estimate of drug-likeness (QED) is 0.329. The van der Waals surface area contributed by atoms with Gasteiger partial charge in [0.1, 0.15) is 12.4 Å². The highest BCUT2D eigenvalue weighted by atomic mass is 79.9. The van der Waals surface area contributed by atoms with Crippen LogP contribution < -0.4 is 4.74 Å². The summed E-state index contributed by atoms with van der Waals surface area (Å²) < 4.78 is 7.09. The molecule has 0 atom stereocenters. The molecule has 1 aliphatic rings. The molecule has 2 aromatic carbocycles. The topological polar surface area (TPSA) is 46.6 Å². The molecule has 1 saturated heterocycles. The summed E-state index contributed by atoms with van der Waals surface area (Å²) in [4.78, 5) is 26.7. The van der Waals surface area contributed by atoms with Gasteiger partial charge in [0.05, 0.1) is 20.4 Å². The molecule has 0 aromatic heterocycles. The van der Waals surface area contributed by atoms with Crippen LogP contribution in [0.2, 0.25) is 0 Å². The molecular weight excluding hydrogens is 506 g/mol. The second-order valence-electron chi connectivity index (χ2n) is 6.17. The van der Waals surface area contributed by atoms with E-state index < -0.39 is 0 Å². The average molecular weight is 523 g/mol. The predicted octanol–water partition coefficient (Wildman–Crippen LogP) is 6.32. The Hall–Kier alpha value is -1.83. The maximum Gasteiger partial charge on any atom is 0.293 e. The first-order valence-corrected chi connectivity index (χ1v) is 10.8. The standard InChI is InChI=1S/C21H17Br2NO3S/c1-3-8-27-19-16(22)9-15(10-17(19)23)11-18-20(25)24(21(26)28-18)12-14-6-4-13(2)5-7-14/h3-7,9-11H,1,8,12H2,2H3/b18-11-. The summed E-state index contributed by atoms with van der Waals surface area (Å²) in [6.45, 7) is 6.28. The Balaban J connectivity index is 1.81. The lowest BCUT2D eigenvalue weighted by Gasteiger charge is -2.12. The summed E-state index contributed by atoms with van der Waals surface area (Å²) in [6, 6.07) is 11.5. The highest BCUT2D eigenvalue weighted by Crippen LogP contribution is 2.38. The molecule has 144 valence electrons. The Morgan fingerprint density at radius 1 is 1.14 bits per heavy atom. The number of imide groups is 1. The van der Waals surface area contributed by atoms with Gasteiger partial charge in [0.15, 0.2) is 0 Å². The Kier molecular flexibility index (Phi) is 6.80. The number of aryl methyl sites for hydroxylation is 1. The van der Waals surface area contributed by atoms with Gasteiger partial charge in [-0.2, -0.15) is 0 Å². The van der Waals surface area contributed by atoms with E-state index in [0.29, 0.717) is 17.3 Å². The molecule has 0 radical (unpaired) electrons. The fourth-order valence-electron chi connectivity index (χ4n) is 2.61. The summed E-state index contributed by atoms with van der Waals surface area (Å²) in [5.74, 6) is 0.374. The lowest BCUT2D eigenvalue weighted by Crippen LogP contribution is -2.27. The summed E-state index contributed by atoms with van der Waals surface area (Å²) in [5.41, 5.74) is 2.84. The van der Waals surface area contributed by atoms with Gasteiger partial charge in [0.2, 0.25) is 0 Å². The van der Waals surface area contributed by atoms with Crippen molar-refractivity contribution in [2.24, 2.45) is 0 Å². The molecule has 3 rings (SSSR count). The highest BCUT2D eigenvalue weighted by Gasteiger charge is 2.35. The second-order valence-corrected chi connectivity index (χ2v) is 8.87.